The molecule has 0 spiro atoms. The minimum atomic E-state index is -4.63. The molecular weight excluding hydrogens is 384 g/mol. The molecule has 1 aromatic carbocycles. The van der Waals surface area contributed by atoms with Gasteiger partial charge in [-0.3, -0.25) is 9.59 Å². The lowest BCUT2D eigenvalue weighted by atomic mass is 10.0. The summed E-state index contributed by atoms with van der Waals surface area (Å²) < 4.78 is 57.3. The summed E-state index contributed by atoms with van der Waals surface area (Å²) in [5.41, 5.74) is 0.460. The van der Waals surface area contributed by atoms with Crippen LogP contribution in [0.2, 0.25) is 0 Å². The maximum Gasteiger partial charge on any atom is 0.475 e. The Morgan fingerprint density at radius 1 is 1.22 bits per heavy atom. The number of allylic oxidation sites excluding steroid dienone is 5. The first kappa shape index (κ1) is 21.0. The number of rotatable bonds is 7. The van der Waals surface area contributed by atoms with Crippen LogP contribution in [0.25, 0.3) is 0 Å². The highest BCUT2D eigenvalue weighted by Crippen LogP contribution is 2.54. The van der Waals surface area contributed by atoms with Gasteiger partial charge in [-0.25, -0.2) is 0 Å². The number of ketones is 2. The van der Waals surface area contributed by atoms with E-state index >= 15 is 0 Å². The monoisotopic (exact) mass is 400 g/mol. The van der Waals surface area contributed by atoms with Crippen LogP contribution in [0.3, 0.4) is 0 Å². The second kappa shape index (κ2) is 8.12. The predicted molar refractivity (Wildman–Crippen MR) is 94.5 cm³/mol. The highest BCUT2D eigenvalue weighted by Gasteiger charge is 2.63. The summed E-state index contributed by atoms with van der Waals surface area (Å²) in [5, 5.41) is -4.45. The van der Waals surface area contributed by atoms with Crippen LogP contribution in [0.4, 0.5) is 17.6 Å². The van der Waals surface area contributed by atoms with Gasteiger partial charge in [-0.05, 0) is 36.9 Å². The van der Waals surface area contributed by atoms with Gasteiger partial charge in [0.15, 0.2) is 11.6 Å². The van der Waals surface area contributed by atoms with Crippen LogP contribution in [0.1, 0.15) is 30.1 Å². The molecule has 0 unspecified atom stereocenters. The summed E-state index contributed by atoms with van der Waals surface area (Å²) in [6.07, 6.45) is 1.41. The molecule has 2 rings (SSSR count). The fourth-order valence-corrected chi connectivity index (χ4v) is 3.11. The molecule has 1 heterocycles. The van der Waals surface area contributed by atoms with Gasteiger partial charge in [-0.1, -0.05) is 30.9 Å². The van der Waals surface area contributed by atoms with Crippen LogP contribution in [0.15, 0.2) is 59.6 Å². The van der Waals surface area contributed by atoms with Crippen LogP contribution in [-0.4, -0.2) is 22.9 Å². The van der Waals surface area contributed by atoms with E-state index in [1.165, 1.54) is 12.1 Å². The molecule has 0 N–H and O–H groups in total. The number of fused-ring (bicyclic) bond motifs is 1. The number of hydrogen-bond donors (Lipinski definition) is 0. The first-order valence-electron chi connectivity index (χ1n) is 7.91. The normalized spacial score (nSPS) is 17.9. The molecule has 0 fully saturated rings. The molecule has 3 nitrogen and oxygen atoms in total. The van der Waals surface area contributed by atoms with Crippen LogP contribution in [0, 0.1) is 0 Å². The zero-order chi connectivity index (χ0) is 20.2. The SMILES string of the molecule is C=C/C=C\C(=C/C)C(=O)CCC(=O)c1ccc2c(c1)SC(F)(F)C(F)(F)O2. The van der Waals surface area contributed by atoms with E-state index in [1.807, 2.05) is 0 Å². The summed E-state index contributed by atoms with van der Waals surface area (Å²) in [5.74, 6) is -1.14. The second-order valence-corrected chi connectivity index (χ2v) is 6.74. The Hall–Kier alpha value is -2.35. The lowest BCUT2D eigenvalue weighted by molar-refractivity contribution is -0.273. The number of carbonyl (C=O) groups is 2. The van der Waals surface area contributed by atoms with E-state index in [2.05, 4.69) is 11.3 Å². The molecule has 8 heteroatoms. The molecule has 0 saturated heterocycles. The molecule has 0 amide bonds. The molecule has 1 aliphatic rings. The first-order valence-corrected chi connectivity index (χ1v) is 8.72. The highest BCUT2D eigenvalue weighted by atomic mass is 32.2. The van der Waals surface area contributed by atoms with E-state index in [9.17, 15) is 27.2 Å². The van der Waals surface area contributed by atoms with Crippen molar-refractivity contribution in [1.82, 2.24) is 0 Å². The number of Topliss-reactive ketones (excluding diaryl/α,β-unsaturated/α-hetero) is 2. The summed E-state index contributed by atoms with van der Waals surface area (Å²) in [6.45, 7) is 5.18. The lowest BCUT2D eigenvalue weighted by Crippen LogP contribution is -2.45. The number of carbonyl (C=O) groups excluding carboxylic acids is 2. The molecule has 144 valence electrons. The minimum Gasteiger partial charge on any atom is -0.426 e. The summed E-state index contributed by atoms with van der Waals surface area (Å²) >= 11 is -0.360. The molecule has 27 heavy (non-hydrogen) atoms. The van der Waals surface area contributed by atoms with Crippen LogP contribution in [0.5, 0.6) is 5.75 Å². The number of benzene rings is 1. The summed E-state index contributed by atoms with van der Waals surface area (Å²) in [7, 11) is 0. The van der Waals surface area contributed by atoms with Crippen molar-refractivity contribution in [3.63, 3.8) is 0 Å². The Bertz CT molecular complexity index is 828. The first-order chi connectivity index (χ1) is 12.6. The standard InChI is InChI=1S/C19H16F4O3S/c1-3-5-6-12(4-2)14(24)8-9-15(25)13-7-10-16-17(11-13)27-19(22,23)18(20,21)26-16/h3-7,10-11H,1,8-9H2,2H3/b6-5-,12-4+. The molecule has 0 atom stereocenters. The van der Waals surface area contributed by atoms with Crippen molar-refractivity contribution in [2.24, 2.45) is 0 Å². The second-order valence-electron chi connectivity index (χ2n) is 5.58. The van der Waals surface area contributed by atoms with E-state index in [-0.39, 0.29) is 40.8 Å². The Balaban J connectivity index is 2.10. The maximum atomic E-state index is 13.4. The molecule has 0 saturated carbocycles. The smallest absolute Gasteiger partial charge is 0.426 e. The zero-order valence-electron chi connectivity index (χ0n) is 14.3. The van der Waals surface area contributed by atoms with Gasteiger partial charge in [0.25, 0.3) is 0 Å². The average molecular weight is 400 g/mol. The summed E-state index contributed by atoms with van der Waals surface area (Å²) in [6, 6.07) is 3.33. The number of halogens is 4. The fraction of sp³-hybridized carbons (Fsp3) is 0.263. The third-order valence-electron chi connectivity index (χ3n) is 3.70. The van der Waals surface area contributed by atoms with Crippen LogP contribution in [-0.2, 0) is 4.79 Å². The fourth-order valence-electron chi connectivity index (χ4n) is 2.28. The van der Waals surface area contributed by atoms with Crippen molar-refractivity contribution >= 4 is 23.3 Å². The van der Waals surface area contributed by atoms with Gasteiger partial charge in [0.2, 0.25) is 0 Å². The van der Waals surface area contributed by atoms with Crippen molar-refractivity contribution in [3.05, 3.63) is 60.2 Å². The molecule has 0 bridgehead atoms. The predicted octanol–water partition coefficient (Wildman–Crippen LogP) is 5.58. The Kier molecular flexibility index (Phi) is 6.30. The Morgan fingerprint density at radius 3 is 2.56 bits per heavy atom. The topological polar surface area (TPSA) is 43.4 Å². The van der Waals surface area contributed by atoms with Crippen molar-refractivity contribution < 1.29 is 31.9 Å². The van der Waals surface area contributed by atoms with Gasteiger partial charge in [0.05, 0.1) is 4.90 Å². The lowest BCUT2D eigenvalue weighted by Gasteiger charge is -2.31. The van der Waals surface area contributed by atoms with E-state index < -0.39 is 22.9 Å². The maximum absolute atomic E-state index is 13.4. The summed E-state index contributed by atoms with van der Waals surface area (Å²) in [4.78, 5) is 24.1. The number of alkyl halides is 4. The van der Waals surface area contributed by atoms with Crippen molar-refractivity contribution in [2.75, 3.05) is 0 Å². The molecule has 0 aliphatic carbocycles. The van der Waals surface area contributed by atoms with Crippen LogP contribution >= 0.6 is 11.8 Å². The minimum absolute atomic E-state index is 0.0438. The molecule has 0 aromatic heterocycles. The number of ether oxygens (including phenoxy) is 1. The van der Waals surface area contributed by atoms with Gasteiger partial charge in [0, 0.05) is 24.0 Å². The van der Waals surface area contributed by atoms with Gasteiger partial charge in [0.1, 0.15) is 5.75 Å². The molecule has 0 radical (unpaired) electrons. The Morgan fingerprint density at radius 2 is 1.93 bits per heavy atom. The zero-order valence-corrected chi connectivity index (χ0v) is 15.1. The average Bonchev–Trinajstić information content (AvgIpc) is 2.60. The number of thioether (sulfide) groups is 1. The van der Waals surface area contributed by atoms with E-state index in [0.717, 1.165) is 12.1 Å². The third-order valence-corrected chi connectivity index (χ3v) is 4.74. The third kappa shape index (κ3) is 4.68. The molecule has 1 aromatic rings. The quantitative estimate of drug-likeness (QED) is 0.259. The van der Waals surface area contributed by atoms with Crippen molar-refractivity contribution in [2.45, 2.75) is 36.0 Å². The highest BCUT2D eigenvalue weighted by molar-refractivity contribution is 8.00. The van der Waals surface area contributed by atoms with Gasteiger partial charge in [-0.2, -0.15) is 17.6 Å². The van der Waals surface area contributed by atoms with Gasteiger partial charge >= 0.3 is 11.4 Å². The molecule has 1 aliphatic heterocycles. The van der Waals surface area contributed by atoms with E-state index in [4.69, 9.17) is 0 Å². The molecular formula is C19H16F4O3S. The largest absolute Gasteiger partial charge is 0.475 e. The van der Waals surface area contributed by atoms with Gasteiger partial charge in [-0.15, -0.1) is 0 Å². The number of hydrogen-bond acceptors (Lipinski definition) is 4. The van der Waals surface area contributed by atoms with Crippen LogP contribution < -0.4 is 4.74 Å². The van der Waals surface area contributed by atoms with E-state index in [0.29, 0.717) is 5.57 Å². The van der Waals surface area contributed by atoms with Gasteiger partial charge < -0.3 is 4.74 Å². The van der Waals surface area contributed by atoms with Crippen molar-refractivity contribution in [3.8, 4) is 5.75 Å². The van der Waals surface area contributed by atoms with Crippen molar-refractivity contribution in [1.29, 1.82) is 0 Å². The van der Waals surface area contributed by atoms with E-state index in [1.54, 1.807) is 25.2 Å². The Labute approximate surface area is 157 Å².